The minimum absolute atomic E-state index is 0.0443. The molecule has 0 aliphatic carbocycles. The zero-order valence-corrected chi connectivity index (χ0v) is 16.2. The molecule has 0 bridgehead atoms. The fourth-order valence-electron chi connectivity index (χ4n) is 2.57. The summed E-state index contributed by atoms with van der Waals surface area (Å²) in [6, 6.07) is 22.7. The van der Waals surface area contributed by atoms with Crippen molar-refractivity contribution in [1.29, 1.82) is 0 Å². The smallest absolute Gasteiger partial charge is 0.272 e. The summed E-state index contributed by atoms with van der Waals surface area (Å²) in [6.45, 7) is 0. The first-order chi connectivity index (χ1) is 13.5. The largest absolute Gasteiger partial charge is 0.294 e. The Balaban J connectivity index is 1.84. The Bertz CT molecular complexity index is 1020. The third kappa shape index (κ3) is 5.06. The maximum atomic E-state index is 12.6. The molecule has 1 N–H and O–H groups in total. The summed E-state index contributed by atoms with van der Waals surface area (Å²) in [6.07, 6.45) is 0.0443. The molecular weight excluding hydrogens is 395 g/mol. The number of carbonyl (C=O) groups is 2. The number of nitrogens with zero attached hydrogens (tertiary/aromatic N) is 1. The number of ketones is 1. The lowest BCUT2D eigenvalue weighted by atomic mass is 10.0. The number of hydrazone groups is 1. The fourth-order valence-corrected chi connectivity index (χ4v) is 3.06. The highest BCUT2D eigenvalue weighted by Crippen LogP contribution is 2.21. The molecule has 0 heterocycles. The summed E-state index contributed by atoms with van der Waals surface area (Å²) in [7, 11) is 0. The molecule has 3 rings (SSSR count). The van der Waals surface area contributed by atoms with Gasteiger partial charge in [0.05, 0.1) is 22.7 Å². The predicted molar refractivity (Wildman–Crippen MR) is 112 cm³/mol. The minimum Gasteiger partial charge on any atom is -0.294 e. The van der Waals surface area contributed by atoms with Crippen LogP contribution < -0.4 is 5.43 Å². The number of halogens is 2. The van der Waals surface area contributed by atoms with E-state index in [-0.39, 0.29) is 22.8 Å². The van der Waals surface area contributed by atoms with Gasteiger partial charge in [0, 0.05) is 10.6 Å². The van der Waals surface area contributed by atoms with Gasteiger partial charge >= 0.3 is 0 Å². The Morgan fingerprint density at radius 2 is 1.43 bits per heavy atom. The molecule has 0 radical (unpaired) electrons. The summed E-state index contributed by atoms with van der Waals surface area (Å²) in [5.74, 6) is -0.579. The Morgan fingerprint density at radius 3 is 2.04 bits per heavy atom. The molecule has 0 aliphatic heterocycles. The van der Waals surface area contributed by atoms with E-state index in [2.05, 4.69) is 10.5 Å². The van der Waals surface area contributed by atoms with Crippen molar-refractivity contribution in [2.75, 3.05) is 0 Å². The molecule has 3 aromatic carbocycles. The molecule has 3 aromatic rings. The Kier molecular flexibility index (Phi) is 6.58. The fraction of sp³-hybridized carbons (Fsp3) is 0.0455. The average Bonchev–Trinajstić information content (AvgIpc) is 2.72. The first kappa shape index (κ1) is 19.8. The molecule has 0 atom stereocenters. The number of benzene rings is 3. The summed E-state index contributed by atoms with van der Waals surface area (Å²) in [5, 5.41) is 4.86. The lowest BCUT2D eigenvalue weighted by molar-refractivity contribution is 0.0951. The van der Waals surface area contributed by atoms with Gasteiger partial charge in [-0.1, -0.05) is 83.9 Å². The van der Waals surface area contributed by atoms with Gasteiger partial charge in [0.25, 0.3) is 5.91 Å². The van der Waals surface area contributed by atoms with Crippen LogP contribution >= 0.6 is 23.2 Å². The topological polar surface area (TPSA) is 58.5 Å². The van der Waals surface area contributed by atoms with Gasteiger partial charge in [-0.25, -0.2) is 5.43 Å². The van der Waals surface area contributed by atoms with Crippen LogP contribution in [0.25, 0.3) is 0 Å². The first-order valence-electron chi connectivity index (χ1n) is 8.50. The number of hydrogen-bond acceptors (Lipinski definition) is 3. The van der Waals surface area contributed by atoms with Crippen LogP contribution in [0.3, 0.4) is 0 Å². The van der Waals surface area contributed by atoms with E-state index in [1.54, 1.807) is 30.3 Å². The highest BCUT2D eigenvalue weighted by Gasteiger charge is 2.14. The number of hydrogen-bond donors (Lipinski definition) is 1. The molecule has 140 valence electrons. The van der Waals surface area contributed by atoms with Crippen LogP contribution in [0.5, 0.6) is 0 Å². The lowest BCUT2D eigenvalue weighted by Crippen LogP contribution is -2.21. The van der Waals surface area contributed by atoms with Crippen LogP contribution in [0.1, 0.15) is 32.7 Å². The van der Waals surface area contributed by atoms with Gasteiger partial charge in [-0.15, -0.1) is 0 Å². The standard InChI is InChI=1S/C22H16Cl2N2O2/c23-17-11-12-18(19(24)13-17)22(28)26-25-20(15-7-3-1-4-8-15)14-21(27)16-9-5-2-6-10-16/h1-13H,14H2,(H,26,28)/b25-20-. The zero-order valence-electron chi connectivity index (χ0n) is 14.7. The van der Waals surface area contributed by atoms with Crippen LogP contribution in [0, 0.1) is 0 Å². The third-order valence-electron chi connectivity index (χ3n) is 4.00. The van der Waals surface area contributed by atoms with E-state index in [0.29, 0.717) is 16.3 Å². The lowest BCUT2D eigenvalue weighted by Gasteiger charge is -2.08. The van der Waals surface area contributed by atoms with Gasteiger partial charge < -0.3 is 0 Å². The highest BCUT2D eigenvalue weighted by molar-refractivity contribution is 6.36. The average molecular weight is 411 g/mol. The molecule has 0 spiro atoms. The van der Waals surface area contributed by atoms with Crippen LogP contribution in [-0.2, 0) is 0 Å². The molecule has 1 amide bonds. The second kappa shape index (κ2) is 9.31. The van der Waals surface area contributed by atoms with Gasteiger partial charge in [-0.05, 0) is 23.8 Å². The summed E-state index contributed by atoms with van der Waals surface area (Å²) in [4.78, 5) is 25.0. The molecular formula is C22H16Cl2N2O2. The second-order valence-electron chi connectivity index (χ2n) is 5.96. The Hall–Kier alpha value is -2.95. The number of nitrogens with one attached hydrogen (secondary N) is 1. The zero-order chi connectivity index (χ0) is 19.9. The quantitative estimate of drug-likeness (QED) is 0.335. The summed E-state index contributed by atoms with van der Waals surface area (Å²) < 4.78 is 0. The molecule has 0 aliphatic rings. The van der Waals surface area contributed by atoms with Crippen molar-refractivity contribution in [3.63, 3.8) is 0 Å². The first-order valence-corrected chi connectivity index (χ1v) is 9.26. The van der Waals surface area contributed by atoms with E-state index in [0.717, 1.165) is 5.56 Å². The maximum absolute atomic E-state index is 12.6. The van der Waals surface area contributed by atoms with Crippen LogP contribution in [0.15, 0.2) is 84.0 Å². The molecule has 6 heteroatoms. The van der Waals surface area contributed by atoms with Crippen molar-refractivity contribution in [3.8, 4) is 0 Å². The van der Waals surface area contributed by atoms with Crippen molar-refractivity contribution < 1.29 is 9.59 Å². The van der Waals surface area contributed by atoms with E-state index in [9.17, 15) is 9.59 Å². The molecule has 0 aromatic heterocycles. The Labute approximate surface area is 172 Å². The molecule has 4 nitrogen and oxygen atoms in total. The van der Waals surface area contributed by atoms with Gasteiger partial charge in [0.2, 0.25) is 0 Å². The highest BCUT2D eigenvalue weighted by atomic mass is 35.5. The van der Waals surface area contributed by atoms with Gasteiger partial charge in [-0.2, -0.15) is 5.10 Å². The summed E-state index contributed by atoms with van der Waals surface area (Å²) >= 11 is 11.9. The van der Waals surface area contributed by atoms with Crippen molar-refractivity contribution in [2.45, 2.75) is 6.42 Å². The monoisotopic (exact) mass is 410 g/mol. The van der Waals surface area contributed by atoms with E-state index in [1.165, 1.54) is 12.1 Å². The molecule has 0 unspecified atom stereocenters. The predicted octanol–water partition coefficient (Wildman–Crippen LogP) is 5.40. The van der Waals surface area contributed by atoms with Gasteiger partial charge in [-0.3, -0.25) is 9.59 Å². The van der Waals surface area contributed by atoms with Crippen LogP contribution in [-0.4, -0.2) is 17.4 Å². The summed E-state index contributed by atoms with van der Waals surface area (Å²) in [5.41, 5.74) is 4.51. The van der Waals surface area contributed by atoms with Crippen molar-refractivity contribution in [3.05, 3.63) is 106 Å². The third-order valence-corrected chi connectivity index (χ3v) is 4.55. The SMILES string of the molecule is O=C(C/C(=N/NC(=O)c1ccc(Cl)cc1Cl)c1ccccc1)c1ccccc1. The Morgan fingerprint density at radius 1 is 0.821 bits per heavy atom. The van der Waals surface area contributed by atoms with E-state index in [4.69, 9.17) is 23.2 Å². The number of rotatable bonds is 6. The van der Waals surface area contributed by atoms with Crippen molar-refractivity contribution in [1.82, 2.24) is 5.43 Å². The van der Waals surface area contributed by atoms with Gasteiger partial charge in [0.15, 0.2) is 5.78 Å². The number of Topliss-reactive ketones (excluding diaryl/α,β-unsaturated/α-hetero) is 1. The van der Waals surface area contributed by atoms with Crippen molar-refractivity contribution in [2.24, 2.45) is 5.10 Å². The second-order valence-corrected chi connectivity index (χ2v) is 6.80. The normalized spacial score (nSPS) is 11.1. The van der Waals surface area contributed by atoms with E-state index >= 15 is 0 Å². The number of amides is 1. The molecule has 0 saturated heterocycles. The minimum atomic E-state index is -0.484. The molecule has 0 fully saturated rings. The number of carbonyl (C=O) groups excluding carboxylic acids is 2. The molecule has 28 heavy (non-hydrogen) atoms. The van der Waals surface area contributed by atoms with E-state index in [1.807, 2.05) is 36.4 Å². The van der Waals surface area contributed by atoms with E-state index < -0.39 is 5.91 Å². The van der Waals surface area contributed by atoms with Crippen molar-refractivity contribution >= 4 is 40.6 Å². The van der Waals surface area contributed by atoms with Gasteiger partial charge in [0.1, 0.15) is 0 Å². The van der Waals surface area contributed by atoms with Crippen LogP contribution in [0.4, 0.5) is 0 Å². The van der Waals surface area contributed by atoms with Crippen LogP contribution in [0.2, 0.25) is 10.0 Å². The maximum Gasteiger partial charge on any atom is 0.272 e. The molecule has 0 saturated carbocycles.